The average Bonchev–Trinajstić information content (AvgIpc) is 2.62. The summed E-state index contributed by atoms with van der Waals surface area (Å²) >= 11 is 14.2. The summed E-state index contributed by atoms with van der Waals surface area (Å²) in [5, 5.41) is 2.34. The Kier molecular flexibility index (Phi) is 5.61. The van der Waals surface area contributed by atoms with Crippen LogP contribution in [0.1, 0.15) is 22.4 Å². The number of hydrogen-bond acceptors (Lipinski definition) is 2. The molecule has 0 amide bonds. The Balaban J connectivity index is 0.00000147. The van der Waals surface area contributed by atoms with Crippen LogP contribution in [0, 0.1) is 0 Å². The molecule has 1 aliphatic heterocycles. The van der Waals surface area contributed by atoms with E-state index in [9.17, 15) is 0 Å². The first kappa shape index (κ1) is 16.4. The van der Waals surface area contributed by atoms with E-state index in [2.05, 4.69) is 24.1 Å². The van der Waals surface area contributed by atoms with Gasteiger partial charge in [-0.1, -0.05) is 11.6 Å². The van der Waals surface area contributed by atoms with Gasteiger partial charge in [0.05, 0.1) is 0 Å². The number of nitrogens with zero attached hydrogens (tertiary/aromatic N) is 1. The molecule has 5 heteroatoms. The van der Waals surface area contributed by atoms with E-state index in [1.807, 2.05) is 11.3 Å². The molecule has 1 aromatic heterocycles. The van der Waals surface area contributed by atoms with Crippen molar-refractivity contribution < 1.29 is 0 Å². The second-order valence-corrected chi connectivity index (χ2v) is 7.11. The van der Waals surface area contributed by atoms with Crippen LogP contribution in [0.4, 0.5) is 0 Å². The molecule has 0 unspecified atom stereocenters. The number of hydrogen-bond donors (Lipinski definition) is 0. The maximum atomic E-state index is 6.41. The SMILES string of the molecule is CN1CCc2c(Cl)ccc3sc(CCCCl)c(c23)C1.Cl. The van der Waals surface area contributed by atoms with Crippen molar-refractivity contribution in [3.8, 4) is 0 Å². The largest absolute Gasteiger partial charge is 0.302 e. The van der Waals surface area contributed by atoms with Gasteiger partial charge in [-0.25, -0.2) is 0 Å². The van der Waals surface area contributed by atoms with Gasteiger partial charge in [0, 0.05) is 39.0 Å². The highest BCUT2D eigenvalue weighted by Crippen LogP contribution is 2.39. The Hall–Kier alpha value is 0.01000. The third-order valence-corrected chi connectivity index (χ3v) is 5.68. The van der Waals surface area contributed by atoms with E-state index in [-0.39, 0.29) is 12.4 Å². The van der Waals surface area contributed by atoms with Gasteiger partial charge in [0.1, 0.15) is 0 Å². The highest BCUT2D eigenvalue weighted by atomic mass is 35.5. The third kappa shape index (κ3) is 2.95. The maximum Gasteiger partial charge on any atom is 0.0445 e. The molecule has 0 saturated heterocycles. The van der Waals surface area contributed by atoms with Gasteiger partial charge in [0.25, 0.3) is 0 Å². The summed E-state index contributed by atoms with van der Waals surface area (Å²) in [5.74, 6) is 0.733. The second-order valence-electron chi connectivity index (χ2n) is 5.18. The molecule has 1 nitrogen and oxygen atoms in total. The maximum absolute atomic E-state index is 6.41. The number of rotatable bonds is 3. The topological polar surface area (TPSA) is 3.24 Å². The lowest BCUT2D eigenvalue weighted by molar-refractivity contribution is 0.336. The van der Waals surface area contributed by atoms with Crippen molar-refractivity contribution in [2.24, 2.45) is 0 Å². The van der Waals surface area contributed by atoms with Crippen LogP contribution >= 0.6 is 46.9 Å². The molecule has 0 bridgehead atoms. The minimum Gasteiger partial charge on any atom is -0.302 e. The van der Waals surface area contributed by atoms with Crippen molar-refractivity contribution >= 4 is 57.0 Å². The zero-order valence-electron chi connectivity index (χ0n) is 11.4. The molecule has 20 heavy (non-hydrogen) atoms. The molecular weight excluding hydrogens is 333 g/mol. The molecule has 2 aromatic rings. The fourth-order valence-electron chi connectivity index (χ4n) is 2.84. The van der Waals surface area contributed by atoms with Gasteiger partial charge in [0.15, 0.2) is 0 Å². The monoisotopic (exact) mass is 349 g/mol. The summed E-state index contributed by atoms with van der Waals surface area (Å²) in [5.41, 5.74) is 2.83. The fraction of sp³-hybridized carbons (Fsp3) is 0.467. The summed E-state index contributed by atoms with van der Waals surface area (Å²) in [7, 11) is 2.19. The minimum atomic E-state index is 0. The summed E-state index contributed by atoms with van der Waals surface area (Å²) in [6.07, 6.45) is 3.18. The molecule has 2 heterocycles. The van der Waals surface area contributed by atoms with Crippen LogP contribution in [-0.4, -0.2) is 24.4 Å². The predicted octanol–water partition coefficient (Wildman–Crippen LogP) is 5.14. The van der Waals surface area contributed by atoms with E-state index < -0.39 is 0 Å². The normalized spacial score (nSPS) is 15.2. The number of benzene rings is 1. The molecule has 0 spiro atoms. The molecule has 0 fully saturated rings. The Morgan fingerprint density at radius 2 is 2.10 bits per heavy atom. The Morgan fingerprint density at radius 3 is 2.85 bits per heavy atom. The van der Waals surface area contributed by atoms with Crippen molar-refractivity contribution in [2.75, 3.05) is 19.5 Å². The molecule has 0 aliphatic carbocycles. The molecule has 0 saturated carbocycles. The molecule has 1 aromatic carbocycles. The Labute approximate surface area is 140 Å². The summed E-state index contributed by atoms with van der Waals surface area (Å²) in [6, 6.07) is 4.22. The molecule has 0 radical (unpaired) electrons. The quantitative estimate of drug-likeness (QED) is 0.693. The van der Waals surface area contributed by atoms with Crippen molar-refractivity contribution in [1.29, 1.82) is 0 Å². The predicted molar refractivity (Wildman–Crippen MR) is 93.2 cm³/mol. The number of halogens is 3. The number of thiophene rings is 1. The summed E-state index contributed by atoms with van der Waals surface area (Å²) in [4.78, 5) is 3.88. The average molecular weight is 351 g/mol. The molecule has 0 N–H and O–H groups in total. The zero-order chi connectivity index (χ0) is 13.4. The van der Waals surface area contributed by atoms with Gasteiger partial charge in [-0.05, 0) is 49.6 Å². The van der Waals surface area contributed by atoms with Crippen molar-refractivity contribution in [2.45, 2.75) is 25.8 Å². The second kappa shape index (κ2) is 6.85. The molecule has 110 valence electrons. The summed E-state index contributed by atoms with van der Waals surface area (Å²) < 4.78 is 1.38. The van der Waals surface area contributed by atoms with Crippen LogP contribution in [0.3, 0.4) is 0 Å². The lowest BCUT2D eigenvalue weighted by atomic mass is 10.0. The molecule has 1 aliphatic rings. The smallest absolute Gasteiger partial charge is 0.0445 e. The van der Waals surface area contributed by atoms with E-state index in [0.717, 1.165) is 43.3 Å². The van der Waals surface area contributed by atoms with Gasteiger partial charge in [-0.3, -0.25) is 0 Å². The highest BCUT2D eigenvalue weighted by Gasteiger charge is 2.21. The first-order chi connectivity index (χ1) is 9.20. The third-order valence-electron chi connectivity index (χ3n) is 3.80. The van der Waals surface area contributed by atoms with Crippen LogP contribution < -0.4 is 0 Å². The zero-order valence-corrected chi connectivity index (χ0v) is 14.6. The highest BCUT2D eigenvalue weighted by molar-refractivity contribution is 7.19. The first-order valence-electron chi connectivity index (χ1n) is 6.67. The van der Waals surface area contributed by atoms with Gasteiger partial charge in [-0.2, -0.15) is 0 Å². The number of alkyl halides is 1. The number of likely N-dealkylation sites (N-methyl/N-ethyl adjacent to an activating group) is 1. The standard InChI is InChI=1S/C15H17Cl2NS.ClH/c1-18-8-6-10-12(17)4-5-14-15(10)11(9-18)13(19-14)3-2-7-16;/h4-5H,2-3,6-9H2,1H3;1H. The van der Waals surface area contributed by atoms with E-state index in [0.29, 0.717) is 0 Å². The van der Waals surface area contributed by atoms with Crippen molar-refractivity contribution in [1.82, 2.24) is 4.90 Å². The molecule has 0 atom stereocenters. The number of aryl methyl sites for hydroxylation is 1. The van der Waals surface area contributed by atoms with Crippen molar-refractivity contribution in [3.63, 3.8) is 0 Å². The van der Waals surface area contributed by atoms with Crippen LogP contribution in [0.5, 0.6) is 0 Å². The van der Waals surface area contributed by atoms with Crippen LogP contribution in [0.25, 0.3) is 10.1 Å². The van der Waals surface area contributed by atoms with E-state index >= 15 is 0 Å². The van der Waals surface area contributed by atoms with E-state index in [4.69, 9.17) is 23.2 Å². The molecule has 3 rings (SSSR count). The van der Waals surface area contributed by atoms with Crippen LogP contribution in [-0.2, 0) is 19.4 Å². The lowest BCUT2D eigenvalue weighted by Crippen LogP contribution is -2.19. The van der Waals surface area contributed by atoms with Crippen LogP contribution in [0.15, 0.2) is 12.1 Å². The van der Waals surface area contributed by atoms with Gasteiger partial charge < -0.3 is 4.90 Å². The Morgan fingerprint density at radius 1 is 1.30 bits per heavy atom. The van der Waals surface area contributed by atoms with Crippen molar-refractivity contribution in [3.05, 3.63) is 33.2 Å². The minimum absolute atomic E-state index is 0. The van der Waals surface area contributed by atoms with Gasteiger partial charge in [-0.15, -0.1) is 35.3 Å². The van der Waals surface area contributed by atoms with E-state index in [1.165, 1.54) is 26.1 Å². The first-order valence-corrected chi connectivity index (χ1v) is 8.39. The molecular formula is C15H18Cl3NS. The van der Waals surface area contributed by atoms with E-state index in [1.54, 1.807) is 0 Å². The fourth-order valence-corrected chi connectivity index (χ4v) is 4.51. The van der Waals surface area contributed by atoms with Gasteiger partial charge in [0.2, 0.25) is 0 Å². The van der Waals surface area contributed by atoms with Gasteiger partial charge >= 0.3 is 0 Å². The lowest BCUT2D eigenvalue weighted by Gasteiger charge is -2.13. The summed E-state index contributed by atoms with van der Waals surface area (Å²) in [6.45, 7) is 2.11. The Bertz CT molecular complexity index is 609. The van der Waals surface area contributed by atoms with Crippen LogP contribution in [0.2, 0.25) is 5.02 Å².